The second kappa shape index (κ2) is 10.7. The van der Waals surface area contributed by atoms with Crippen molar-refractivity contribution in [2.45, 2.75) is 56.6 Å². The fraction of sp³-hybridized carbons (Fsp3) is 0.609. The first-order valence-electron chi connectivity index (χ1n) is 10.8. The summed E-state index contributed by atoms with van der Waals surface area (Å²) in [5, 5.41) is 29.3. The third-order valence-corrected chi connectivity index (χ3v) is 6.22. The van der Waals surface area contributed by atoms with Crippen LogP contribution in [0, 0.1) is 17.8 Å². The summed E-state index contributed by atoms with van der Waals surface area (Å²) in [4.78, 5) is 10.6. The molecule has 0 aliphatic heterocycles. The van der Waals surface area contributed by atoms with Gasteiger partial charge in [0.15, 0.2) is 0 Å². The highest BCUT2D eigenvalue weighted by molar-refractivity contribution is 5.66. The minimum atomic E-state index is -4.47. The molecule has 2 fully saturated rings. The number of aliphatic carboxylic acids is 1. The normalized spacial score (nSPS) is 28.7. The number of carboxylic acid groups (broad SMARTS) is 1. The van der Waals surface area contributed by atoms with Crippen LogP contribution in [0.3, 0.4) is 0 Å². The Labute approximate surface area is 184 Å². The van der Waals surface area contributed by atoms with Crippen molar-refractivity contribution in [1.82, 2.24) is 0 Å². The zero-order chi connectivity index (χ0) is 23.3. The second-order valence-corrected chi connectivity index (χ2v) is 8.55. The first-order valence-corrected chi connectivity index (χ1v) is 10.8. The van der Waals surface area contributed by atoms with Crippen LogP contribution >= 0.6 is 0 Å². The fourth-order valence-corrected chi connectivity index (χ4v) is 4.74. The second-order valence-electron chi connectivity index (χ2n) is 8.55. The maximum absolute atomic E-state index is 12.8. The molecule has 0 spiro atoms. The van der Waals surface area contributed by atoms with E-state index in [2.05, 4.69) is 0 Å². The van der Waals surface area contributed by atoms with Crippen LogP contribution in [-0.2, 0) is 15.7 Å². The summed E-state index contributed by atoms with van der Waals surface area (Å²) in [6.07, 6.45) is 0.0728. The lowest BCUT2D eigenvalue weighted by Crippen LogP contribution is -2.21. The maximum atomic E-state index is 12.8. The summed E-state index contributed by atoms with van der Waals surface area (Å²) in [6, 6.07) is 4.48. The van der Waals surface area contributed by atoms with Gasteiger partial charge in [-0.1, -0.05) is 18.2 Å². The number of aliphatic hydroxyl groups excluding tert-OH is 2. The molecule has 1 aromatic carbocycles. The number of hydrogen-bond acceptors (Lipinski definition) is 5. The first-order chi connectivity index (χ1) is 15.1. The lowest BCUT2D eigenvalue weighted by atomic mass is 9.90. The number of fused-ring (bicyclic) bond motifs is 1. The van der Waals surface area contributed by atoms with Crippen molar-refractivity contribution in [1.29, 1.82) is 0 Å². The summed E-state index contributed by atoms with van der Waals surface area (Å²) in [7, 11) is 0. The first kappa shape index (κ1) is 24.5. The van der Waals surface area contributed by atoms with Crippen LogP contribution < -0.4 is 4.74 Å². The zero-order valence-electron chi connectivity index (χ0n) is 17.6. The summed E-state index contributed by atoms with van der Waals surface area (Å²) >= 11 is 0. The molecule has 0 heterocycles. The van der Waals surface area contributed by atoms with Gasteiger partial charge < -0.3 is 24.8 Å². The van der Waals surface area contributed by atoms with Crippen LogP contribution in [0.1, 0.15) is 37.7 Å². The molecule has 0 aromatic heterocycles. The number of hydrogen-bond donors (Lipinski definition) is 3. The number of halogens is 3. The maximum Gasteiger partial charge on any atom is 0.416 e. The third kappa shape index (κ3) is 6.70. The fourth-order valence-electron chi connectivity index (χ4n) is 4.74. The number of aliphatic hydroxyl groups is 2. The molecule has 0 amide bonds. The molecule has 2 unspecified atom stereocenters. The number of carboxylic acids is 1. The van der Waals surface area contributed by atoms with E-state index in [1.165, 1.54) is 18.2 Å². The molecule has 2 aliphatic rings. The summed E-state index contributed by atoms with van der Waals surface area (Å²) in [6.45, 7) is 0.190. The van der Waals surface area contributed by atoms with Gasteiger partial charge in [-0.15, -0.1) is 0 Å². The van der Waals surface area contributed by atoms with Crippen LogP contribution in [0.2, 0.25) is 0 Å². The van der Waals surface area contributed by atoms with Crippen molar-refractivity contribution in [2.24, 2.45) is 17.8 Å². The molecule has 0 radical (unpaired) electrons. The predicted octanol–water partition coefficient (Wildman–Crippen LogP) is 3.66. The molecular weight excluding hydrogens is 429 g/mol. The molecule has 0 saturated heterocycles. The lowest BCUT2D eigenvalue weighted by molar-refractivity contribution is -0.138. The van der Waals surface area contributed by atoms with E-state index in [1.807, 2.05) is 0 Å². The van der Waals surface area contributed by atoms with Crippen LogP contribution in [0.5, 0.6) is 5.75 Å². The highest BCUT2D eigenvalue weighted by Gasteiger charge is 2.47. The van der Waals surface area contributed by atoms with Gasteiger partial charge in [0.2, 0.25) is 0 Å². The highest BCUT2D eigenvalue weighted by Crippen LogP contribution is 2.49. The van der Waals surface area contributed by atoms with Crippen molar-refractivity contribution in [3.8, 4) is 5.75 Å². The van der Waals surface area contributed by atoms with Gasteiger partial charge in [-0.25, -0.2) is 0 Å². The summed E-state index contributed by atoms with van der Waals surface area (Å²) in [5.74, 6) is -0.450. The van der Waals surface area contributed by atoms with E-state index < -0.39 is 29.9 Å². The van der Waals surface area contributed by atoms with Crippen LogP contribution in [0.25, 0.3) is 0 Å². The van der Waals surface area contributed by atoms with Gasteiger partial charge in [-0.3, -0.25) is 4.79 Å². The zero-order valence-corrected chi connectivity index (χ0v) is 17.6. The van der Waals surface area contributed by atoms with Gasteiger partial charge in [-0.05, 0) is 55.7 Å². The molecule has 2 saturated carbocycles. The smallest absolute Gasteiger partial charge is 0.416 e. The number of carbonyl (C=O) groups is 1. The van der Waals surface area contributed by atoms with Crippen molar-refractivity contribution >= 4 is 5.97 Å². The van der Waals surface area contributed by atoms with Crippen molar-refractivity contribution in [3.05, 3.63) is 42.0 Å². The molecule has 2 aliphatic carbocycles. The van der Waals surface area contributed by atoms with Gasteiger partial charge in [0.1, 0.15) is 18.5 Å². The minimum Gasteiger partial charge on any atom is -0.491 e. The molecular formula is C23H29F3O6. The van der Waals surface area contributed by atoms with E-state index in [0.717, 1.165) is 25.0 Å². The topological polar surface area (TPSA) is 96.2 Å². The van der Waals surface area contributed by atoms with E-state index in [4.69, 9.17) is 14.6 Å². The Morgan fingerprint density at radius 2 is 2.03 bits per heavy atom. The molecule has 6 nitrogen and oxygen atoms in total. The van der Waals surface area contributed by atoms with Crippen LogP contribution in [-0.4, -0.2) is 52.8 Å². The Bertz CT molecular complexity index is 796. The number of alkyl halides is 3. The van der Waals surface area contributed by atoms with Gasteiger partial charge in [-0.2, -0.15) is 13.2 Å². The molecule has 9 heteroatoms. The van der Waals surface area contributed by atoms with E-state index in [0.29, 0.717) is 25.4 Å². The molecule has 178 valence electrons. The Morgan fingerprint density at radius 1 is 1.25 bits per heavy atom. The standard InChI is InChI=1S/C23H29F3O6/c24-23(25,26)15-3-1-4-17(11-15)32-13-16(27)6-7-19-20-12-18(9-14(20)10-21(19)28)31-8-2-5-22(29)30/h1,3-4,6-7,11,14,16,18-21,27-28H,2,5,8-10,12-13H2,(H,29,30)/t14-,16?,18?,19-,20+,21-/m0/s1. The molecule has 3 N–H and O–H groups in total. The number of rotatable bonds is 10. The summed E-state index contributed by atoms with van der Waals surface area (Å²) < 4.78 is 49.4. The Balaban J connectivity index is 1.47. The molecule has 1 aromatic rings. The Kier molecular flexibility index (Phi) is 8.19. The van der Waals surface area contributed by atoms with E-state index >= 15 is 0 Å². The molecule has 3 rings (SSSR count). The van der Waals surface area contributed by atoms with Gasteiger partial charge >= 0.3 is 12.1 Å². The van der Waals surface area contributed by atoms with E-state index in [9.17, 15) is 28.2 Å². The summed E-state index contributed by atoms with van der Waals surface area (Å²) in [5.41, 5.74) is -0.818. The Morgan fingerprint density at radius 3 is 2.75 bits per heavy atom. The van der Waals surface area contributed by atoms with E-state index in [1.54, 1.807) is 6.08 Å². The van der Waals surface area contributed by atoms with Crippen molar-refractivity contribution < 1.29 is 42.8 Å². The van der Waals surface area contributed by atoms with E-state index in [-0.39, 0.29) is 36.7 Å². The average molecular weight is 458 g/mol. The predicted molar refractivity (Wildman–Crippen MR) is 109 cm³/mol. The van der Waals surface area contributed by atoms with Crippen LogP contribution in [0.15, 0.2) is 36.4 Å². The quantitative estimate of drug-likeness (QED) is 0.366. The van der Waals surface area contributed by atoms with Gasteiger partial charge in [0.05, 0.1) is 17.8 Å². The van der Waals surface area contributed by atoms with Crippen LogP contribution in [0.4, 0.5) is 13.2 Å². The minimum absolute atomic E-state index is 0.0203. The average Bonchev–Trinajstić information content (AvgIpc) is 3.24. The van der Waals surface area contributed by atoms with Gasteiger partial charge in [0, 0.05) is 18.9 Å². The third-order valence-electron chi connectivity index (χ3n) is 6.22. The lowest BCUT2D eigenvalue weighted by Gasteiger charge is -2.19. The monoisotopic (exact) mass is 458 g/mol. The molecule has 6 atom stereocenters. The van der Waals surface area contributed by atoms with Gasteiger partial charge in [0.25, 0.3) is 0 Å². The highest BCUT2D eigenvalue weighted by atomic mass is 19.4. The SMILES string of the molecule is O=C(O)CCCOC1C[C@H]2C[C@H](O)[C@@H](C=CC(O)COc3cccc(C(F)(F)F)c3)[C@@H]2C1. The largest absolute Gasteiger partial charge is 0.491 e. The number of benzene rings is 1. The van der Waals surface area contributed by atoms with Crippen molar-refractivity contribution in [2.75, 3.05) is 13.2 Å². The van der Waals surface area contributed by atoms with Crippen molar-refractivity contribution in [3.63, 3.8) is 0 Å². The number of ether oxygens (including phenoxy) is 2. The molecule has 0 bridgehead atoms. The molecule has 32 heavy (non-hydrogen) atoms. The Hall–Kier alpha value is -2.10.